The van der Waals surface area contributed by atoms with Crippen LogP contribution in [-0.2, 0) is 0 Å². The summed E-state index contributed by atoms with van der Waals surface area (Å²) in [6.07, 6.45) is 0. The van der Waals surface area contributed by atoms with Gasteiger partial charge in [0.05, 0.1) is 49.2 Å². The van der Waals surface area contributed by atoms with Gasteiger partial charge in [-0.2, -0.15) is 0 Å². The van der Waals surface area contributed by atoms with Crippen molar-refractivity contribution < 1.29 is 60.1 Å². The quantitative estimate of drug-likeness (QED) is 0.102. The molecule has 0 unspecified atom stereocenters. The molecule has 218 valence electrons. The maximum absolute atomic E-state index is 10.7. The fourth-order valence-corrected chi connectivity index (χ4v) is 3.88. The van der Waals surface area contributed by atoms with Crippen molar-refractivity contribution in [3.8, 4) is 28.7 Å². The predicted octanol–water partition coefficient (Wildman–Crippen LogP) is 6.77. The Balaban J connectivity index is 0.000000657. The number of benzene rings is 4. The van der Waals surface area contributed by atoms with Crippen molar-refractivity contribution in [1.82, 2.24) is 0 Å². The summed E-state index contributed by atoms with van der Waals surface area (Å²) in [5, 5.41) is 30.2. The van der Waals surface area contributed by atoms with Crippen LogP contribution in [0.1, 0.15) is 1.43 Å². The summed E-state index contributed by atoms with van der Waals surface area (Å²) in [4.78, 5) is 19.8. The van der Waals surface area contributed by atoms with E-state index >= 15 is 0 Å². The molecule has 0 fully saturated rings. The summed E-state index contributed by atoms with van der Waals surface area (Å²) in [6.45, 7) is 0. The number of phenolic OH excluding ortho intramolecular Hbond substituents is 1. The number of non-ortho nitro benzene ring substituents is 2. The number of hydrogen-bond acceptors (Lipinski definition) is 8. The summed E-state index contributed by atoms with van der Waals surface area (Å²) in [5.74, 6) is 2.36. The van der Waals surface area contributed by atoms with Crippen LogP contribution < -0.4 is 43.8 Å². The van der Waals surface area contributed by atoms with Gasteiger partial charge in [-0.1, -0.05) is 58.0 Å². The molecule has 0 spiro atoms. The van der Waals surface area contributed by atoms with Gasteiger partial charge in [0.15, 0.2) is 5.75 Å². The molecule has 42 heavy (non-hydrogen) atoms. The van der Waals surface area contributed by atoms with Crippen molar-refractivity contribution in [2.75, 3.05) is 14.2 Å². The van der Waals surface area contributed by atoms with Crippen LogP contribution in [0.5, 0.6) is 28.7 Å². The number of aromatic hydroxyl groups is 1. The van der Waals surface area contributed by atoms with E-state index in [1.165, 1.54) is 12.1 Å². The van der Waals surface area contributed by atoms with E-state index in [9.17, 15) is 20.2 Å². The summed E-state index contributed by atoms with van der Waals surface area (Å²) in [7, 11) is 3.15. The van der Waals surface area contributed by atoms with Crippen LogP contribution in [0, 0.1) is 20.2 Å². The van der Waals surface area contributed by atoms with Gasteiger partial charge in [0.2, 0.25) is 0 Å². The van der Waals surface area contributed by atoms with Gasteiger partial charge >= 0.3 is 29.6 Å². The average molecular weight is 689 g/mol. The Kier molecular flexibility index (Phi) is 16.1. The Morgan fingerprint density at radius 3 is 1.33 bits per heavy atom. The van der Waals surface area contributed by atoms with Crippen LogP contribution in [0.25, 0.3) is 0 Å². The van der Waals surface area contributed by atoms with Crippen molar-refractivity contribution in [2.45, 2.75) is 0 Å². The average Bonchev–Trinajstić information content (AvgIpc) is 2.94. The summed E-state index contributed by atoms with van der Waals surface area (Å²) in [6, 6.07) is 18.0. The zero-order valence-electron chi connectivity index (χ0n) is 23.0. The minimum absolute atomic E-state index is 0. The number of ether oxygens (including phenoxy) is 3. The van der Waals surface area contributed by atoms with Crippen LogP contribution in [0.2, 0.25) is 25.1 Å². The van der Waals surface area contributed by atoms with Crippen LogP contribution in [0.4, 0.5) is 11.4 Å². The van der Waals surface area contributed by atoms with Gasteiger partial charge in [0.25, 0.3) is 11.4 Å². The second kappa shape index (κ2) is 18.1. The van der Waals surface area contributed by atoms with Crippen molar-refractivity contribution in [3.63, 3.8) is 0 Å². The SMILES string of the molecule is COc1ccc(O)cc1.COc1ccc(Oc2c(Cl)cc([N+](=O)[O-])cc2Cl)cc1.O=[N+]([O-])c1cc(Cl)c(Cl)c(Cl)c1.[H-].[Na+]. The molecule has 0 aliphatic heterocycles. The second-order valence-corrected chi connectivity index (χ2v) is 9.46. The molecule has 10 nitrogen and oxygen atoms in total. The molecule has 0 aliphatic rings. The number of nitro benzene ring substituents is 2. The first-order valence-corrected chi connectivity index (χ1v) is 12.8. The minimum Gasteiger partial charge on any atom is -1.00 e. The van der Waals surface area contributed by atoms with Crippen LogP contribution in [0.15, 0.2) is 72.8 Å². The zero-order chi connectivity index (χ0) is 30.7. The van der Waals surface area contributed by atoms with Gasteiger partial charge in [0, 0.05) is 24.3 Å². The molecule has 0 saturated heterocycles. The van der Waals surface area contributed by atoms with Gasteiger partial charge in [0.1, 0.15) is 23.0 Å². The van der Waals surface area contributed by atoms with Crippen molar-refractivity contribution in [3.05, 3.63) is 118 Å². The minimum atomic E-state index is -0.589. The summed E-state index contributed by atoms with van der Waals surface area (Å²) < 4.78 is 15.4. The first-order chi connectivity index (χ1) is 19.4. The van der Waals surface area contributed by atoms with Gasteiger partial charge in [-0.05, 0) is 48.5 Å². The Morgan fingerprint density at radius 2 is 0.976 bits per heavy atom. The largest absolute Gasteiger partial charge is 1.00 e. The molecule has 16 heteroatoms. The Labute approximate surface area is 288 Å². The predicted molar refractivity (Wildman–Crippen MR) is 160 cm³/mol. The topological polar surface area (TPSA) is 134 Å². The van der Waals surface area contributed by atoms with E-state index in [2.05, 4.69) is 0 Å². The molecule has 0 aliphatic carbocycles. The number of rotatable bonds is 6. The van der Waals surface area contributed by atoms with Gasteiger partial charge in [-0.3, -0.25) is 20.2 Å². The number of nitrogens with zero attached hydrogens (tertiary/aromatic N) is 2. The fraction of sp³-hybridized carbons (Fsp3) is 0.0769. The van der Waals surface area contributed by atoms with E-state index in [-0.39, 0.29) is 79.0 Å². The first-order valence-electron chi connectivity index (χ1n) is 10.9. The van der Waals surface area contributed by atoms with E-state index in [4.69, 9.17) is 77.3 Å². The molecule has 4 aromatic rings. The van der Waals surface area contributed by atoms with Crippen molar-refractivity contribution in [2.24, 2.45) is 0 Å². The normalized spacial score (nSPS) is 9.60. The van der Waals surface area contributed by atoms with Gasteiger partial charge in [-0.15, -0.1) is 0 Å². The Morgan fingerprint density at radius 1 is 0.643 bits per heavy atom. The standard InChI is InChI=1S/C13H9Cl2NO4.C7H8O2.C6H2Cl3NO2.Na.H/c1-19-9-2-4-10(5-3-9)20-13-11(14)6-8(16(17)18)7-12(13)15;1-9-7-4-2-6(8)3-5-7;7-4-1-3(10(11)12)2-5(8)6(4)9;;/h2-7H,1H3;2-5,8H,1H3;1-2H;;/q;;;+1;-1. The molecule has 0 bridgehead atoms. The molecular weight excluding hydrogens is 669 g/mol. The van der Waals surface area contributed by atoms with Crippen molar-refractivity contribution in [1.29, 1.82) is 0 Å². The molecule has 4 aromatic carbocycles. The van der Waals surface area contributed by atoms with E-state index in [0.29, 0.717) is 11.5 Å². The zero-order valence-corrected chi connectivity index (χ0v) is 27.8. The van der Waals surface area contributed by atoms with E-state index in [1.54, 1.807) is 62.8 Å². The van der Waals surface area contributed by atoms with Crippen LogP contribution in [0.3, 0.4) is 0 Å². The number of phenols is 1. The smallest absolute Gasteiger partial charge is 1.00 e. The molecule has 0 heterocycles. The van der Waals surface area contributed by atoms with Crippen LogP contribution >= 0.6 is 58.0 Å². The molecule has 0 radical (unpaired) electrons. The monoisotopic (exact) mass is 686 g/mol. The molecule has 0 amide bonds. The number of methoxy groups -OCH3 is 2. The van der Waals surface area contributed by atoms with Gasteiger partial charge < -0.3 is 20.7 Å². The van der Waals surface area contributed by atoms with E-state index in [1.807, 2.05) is 0 Å². The summed E-state index contributed by atoms with van der Waals surface area (Å²) >= 11 is 28.5. The molecule has 4 rings (SSSR count). The van der Waals surface area contributed by atoms with E-state index < -0.39 is 9.85 Å². The van der Waals surface area contributed by atoms with Crippen LogP contribution in [-0.4, -0.2) is 29.2 Å². The summed E-state index contributed by atoms with van der Waals surface area (Å²) in [5.41, 5.74) is -0.364. The Hall–Kier alpha value is -2.67. The number of halogens is 5. The third-order valence-corrected chi connectivity index (χ3v) is 6.48. The molecule has 0 atom stereocenters. The second-order valence-electron chi connectivity index (χ2n) is 7.45. The molecular formula is C26H20Cl5N2NaO8. The van der Waals surface area contributed by atoms with E-state index in [0.717, 1.165) is 17.9 Å². The maximum Gasteiger partial charge on any atom is 1.00 e. The molecule has 0 saturated carbocycles. The first kappa shape index (κ1) is 37.4. The fourth-order valence-electron chi connectivity index (χ4n) is 2.74. The number of nitro groups is 2. The van der Waals surface area contributed by atoms with Crippen molar-refractivity contribution >= 4 is 69.4 Å². The third-order valence-electron chi connectivity index (χ3n) is 4.73. The number of hydrogen-bond donors (Lipinski definition) is 1. The Bertz CT molecular complexity index is 1470. The molecule has 0 aromatic heterocycles. The maximum atomic E-state index is 10.7. The third kappa shape index (κ3) is 11.5. The van der Waals surface area contributed by atoms with Gasteiger partial charge in [-0.25, -0.2) is 0 Å². The molecule has 1 N–H and O–H groups in total.